The van der Waals surface area contributed by atoms with Crippen molar-refractivity contribution in [3.05, 3.63) is 28.7 Å². The van der Waals surface area contributed by atoms with Crippen molar-refractivity contribution >= 4 is 28.5 Å². The molecule has 0 saturated carbocycles. The fourth-order valence-electron chi connectivity index (χ4n) is 4.38. The van der Waals surface area contributed by atoms with Crippen molar-refractivity contribution in [3.63, 3.8) is 0 Å². The molecule has 2 aliphatic rings. The first-order valence-electron chi connectivity index (χ1n) is 9.92. The van der Waals surface area contributed by atoms with Crippen molar-refractivity contribution in [3.8, 4) is 0 Å². The van der Waals surface area contributed by atoms with Gasteiger partial charge in [-0.3, -0.25) is 24.0 Å². The van der Waals surface area contributed by atoms with Crippen LogP contribution in [0.25, 0.3) is 11.0 Å². The number of imide groups is 1. The molecule has 0 bridgehead atoms. The lowest BCUT2D eigenvalue weighted by atomic mass is 9.97. The van der Waals surface area contributed by atoms with E-state index >= 15 is 0 Å². The number of amides is 2. The highest BCUT2D eigenvalue weighted by Crippen LogP contribution is 2.27. The molecule has 2 amide bonds. The first-order chi connectivity index (χ1) is 13.5. The van der Waals surface area contributed by atoms with Gasteiger partial charge in [0.15, 0.2) is 0 Å². The Morgan fingerprint density at radius 3 is 2.57 bits per heavy atom. The van der Waals surface area contributed by atoms with Crippen LogP contribution in [0.2, 0.25) is 0 Å². The van der Waals surface area contributed by atoms with Crippen molar-refractivity contribution < 1.29 is 9.59 Å². The number of fused-ring (bicyclic) bond motifs is 1. The molecule has 2 fully saturated rings. The second-order valence-corrected chi connectivity index (χ2v) is 7.93. The molecule has 150 valence electrons. The van der Waals surface area contributed by atoms with Crippen LogP contribution >= 0.6 is 0 Å². The van der Waals surface area contributed by atoms with E-state index in [0.29, 0.717) is 12.3 Å². The fraction of sp³-hybridized carbons (Fsp3) is 0.550. The van der Waals surface area contributed by atoms with E-state index in [4.69, 9.17) is 0 Å². The molecular formula is C20H27N5O3. The summed E-state index contributed by atoms with van der Waals surface area (Å²) in [5.74, 6) is -0.0202. The van der Waals surface area contributed by atoms with Gasteiger partial charge in [0.1, 0.15) is 6.04 Å². The molecule has 1 unspecified atom stereocenters. The van der Waals surface area contributed by atoms with E-state index in [1.165, 1.54) is 17.4 Å². The van der Waals surface area contributed by atoms with Crippen molar-refractivity contribution in [1.29, 1.82) is 0 Å². The molecule has 0 spiro atoms. The van der Waals surface area contributed by atoms with Crippen LogP contribution in [-0.4, -0.2) is 47.6 Å². The SMILES string of the molecule is CN(CC1CCNCC1)c1ccc2c(c1)n(C)c(=O)n2C1CCC(=O)NC1=O. The predicted octanol–water partition coefficient (Wildman–Crippen LogP) is 0.754. The summed E-state index contributed by atoms with van der Waals surface area (Å²) in [4.78, 5) is 38.8. The molecule has 2 N–H and O–H groups in total. The van der Waals surface area contributed by atoms with E-state index < -0.39 is 11.9 Å². The largest absolute Gasteiger partial charge is 0.374 e. The maximum Gasteiger partial charge on any atom is 0.329 e. The number of hydrogen-bond acceptors (Lipinski definition) is 5. The third-order valence-electron chi connectivity index (χ3n) is 6.03. The molecule has 4 rings (SSSR count). The maximum atomic E-state index is 12.9. The highest BCUT2D eigenvalue weighted by molar-refractivity contribution is 6.00. The van der Waals surface area contributed by atoms with Gasteiger partial charge in [-0.25, -0.2) is 4.79 Å². The van der Waals surface area contributed by atoms with Crippen LogP contribution in [0.3, 0.4) is 0 Å². The van der Waals surface area contributed by atoms with E-state index in [1.54, 1.807) is 11.6 Å². The summed E-state index contributed by atoms with van der Waals surface area (Å²) in [5.41, 5.74) is 2.34. The summed E-state index contributed by atoms with van der Waals surface area (Å²) >= 11 is 0. The Morgan fingerprint density at radius 2 is 1.86 bits per heavy atom. The Labute approximate surface area is 163 Å². The predicted molar refractivity (Wildman–Crippen MR) is 107 cm³/mol. The van der Waals surface area contributed by atoms with Crippen LogP contribution in [0.1, 0.15) is 31.7 Å². The maximum absolute atomic E-state index is 12.9. The van der Waals surface area contributed by atoms with Gasteiger partial charge in [0.25, 0.3) is 0 Å². The van der Waals surface area contributed by atoms with Gasteiger partial charge >= 0.3 is 5.69 Å². The minimum atomic E-state index is -0.646. The van der Waals surface area contributed by atoms with E-state index in [1.807, 2.05) is 18.2 Å². The van der Waals surface area contributed by atoms with E-state index in [2.05, 4.69) is 22.6 Å². The molecule has 1 atom stereocenters. The minimum Gasteiger partial charge on any atom is -0.374 e. The standard InChI is InChI=1S/C20H27N5O3/c1-23(12-13-7-9-21-10-8-13)14-3-4-15-17(11-14)24(2)20(28)25(15)16-5-6-18(26)22-19(16)27/h3-4,11,13,16,21H,5-10,12H2,1-2H3,(H,22,26,27). The van der Waals surface area contributed by atoms with Gasteiger partial charge in [-0.1, -0.05) is 0 Å². The van der Waals surface area contributed by atoms with Gasteiger partial charge in [0.05, 0.1) is 11.0 Å². The number of nitrogens with one attached hydrogen (secondary N) is 2. The van der Waals surface area contributed by atoms with Gasteiger partial charge in [-0.05, 0) is 56.5 Å². The summed E-state index contributed by atoms with van der Waals surface area (Å²) in [5, 5.41) is 5.74. The third kappa shape index (κ3) is 3.32. The molecule has 28 heavy (non-hydrogen) atoms. The number of benzene rings is 1. The summed E-state index contributed by atoms with van der Waals surface area (Å²) in [6.07, 6.45) is 2.95. The van der Waals surface area contributed by atoms with Crippen molar-refractivity contribution in [2.45, 2.75) is 31.7 Å². The molecule has 8 nitrogen and oxygen atoms in total. The van der Waals surface area contributed by atoms with Gasteiger partial charge in [-0.2, -0.15) is 0 Å². The molecule has 2 aliphatic heterocycles. The normalized spacial score (nSPS) is 21.1. The molecule has 2 aromatic rings. The fourth-order valence-corrected chi connectivity index (χ4v) is 4.38. The highest BCUT2D eigenvalue weighted by Gasteiger charge is 2.31. The topological polar surface area (TPSA) is 88.4 Å². The first kappa shape index (κ1) is 18.7. The van der Waals surface area contributed by atoms with E-state index in [-0.39, 0.29) is 18.0 Å². The molecule has 1 aromatic heterocycles. The minimum absolute atomic E-state index is 0.234. The van der Waals surface area contributed by atoms with Crippen molar-refractivity contribution in [2.24, 2.45) is 13.0 Å². The molecule has 2 saturated heterocycles. The summed E-state index contributed by atoms with van der Waals surface area (Å²) in [6.45, 7) is 3.12. The molecule has 8 heteroatoms. The zero-order chi connectivity index (χ0) is 19.8. The third-order valence-corrected chi connectivity index (χ3v) is 6.03. The van der Waals surface area contributed by atoms with Crippen LogP contribution in [0.15, 0.2) is 23.0 Å². The van der Waals surface area contributed by atoms with Crippen LogP contribution in [0, 0.1) is 5.92 Å². The van der Waals surface area contributed by atoms with Crippen molar-refractivity contribution in [2.75, 3.05) is 31.6 Å². The Morgan fingerprint density at radius 1 is 1.11 bits per heavy atom. The molecule has 1 aromatic carbocycles. The Bertz CT molecular complexity index is 970. The van der Waals surface area contributed by atoms with E-state index in [0.717, 1.165) is 36.4 Å². The molecule has 3 heterocycles. The lowest BCUT2D eigenvalue weighted by molar-refractivity contribution is -0.135. The van der Waals surface area contributed by atoms with E-state index in [9.17, 15) is 14.4 Å². The van der Waals surface area contributed by atoms with Crippen LogP contribution in [0.4, 0.5) is 5.69 Å². The van der Waals surface area contributed by atoms with Crippen LogP contribution in [-0.2, 0) is 16.6 Å². The van der Waals surface area contributed by atoms with Crippen molar-refractivity contribution in [1.82, 2.24) is 19.8 Å². The monoisotopic (exact) mass is 385 g/mol. The highest BCUT2D eigenvalue weighted by atomic mass is 16.2. The number of imidazole rings is 1. The number of nitrogens with zero attached hydrogens (tertiary/aromatic N) is 3. The smallest absolute Gasteiger partial charge is 0.329 e. The molecular weight excluding hydrogens is 358 g/mol. The molecule has 0 aliphatic carbocycles. The second kappa shape index (κ2) is 7.43. The quantitative estimate of drug-likeness (QED) is 0.759. The van der Waals surface area contributed by atoms with Gasteiger partial charge in [0.2, 0.25) is 11.8 Å². The Kier molecular flexibility index (Phi) is 4.97. The lowest BCUT2D eigenvalue weighted by Crippen LogP contribution is -2.44. The number of anilines is 1. The number of hydrogen-bond donors (Lipinski definition) is 2. The summed E-state index contributed by atoms with van der Waals surface area (Å²) in [7, 11) is 3.81. The Hall–Kier alpha value is -2.61. The zero-order valence-electron chi connectivity index (χ0n) is 16.4. The Balaban J connectivity index is 1.65. The first-order valence-corrected chi connectivity index (χ1v) is 9.92. The number of carbonyl (C=O) groups is 2. The van der Waals surface area contributed by atoms with Crippen LogP contribution < -0.4 is 21.2 Å². The number of aryl methyl sites for hydroxylation is 1. The zero-order valence-corrected chi connectivity index (χ0v) is 16.4. The van der Waals surface area contributed by atoms with Gasteiger partial charge < -0.3 is 10.2 Å². The number of carbonyl (C=O) groups excluding carboxylic acids is 2. The number of rotatable bonds is 4. The average Bonchev–Trinajstić information content (AvgIpc) is 2.93. The summed E-state index contributed by atoms with van der Waals surface area (Å²) < 4.78 is 3.11. The molecule has 0 radical (unpaired) electrons. The lowest BCUT2D eigenvalue weighted by Gasteiger charge is -2.29. The second-order valence-electron chi connectivity index (χ2n) is 7.93. The number of aromatic nitrogens is 2. The average molecular weight is 385 g/mol. The van der Waals surface area contributed by atoms with Crippen LogP contribution in [0.5, 0.6) is 0 Å². The number of piperidine rings is 2. The van der Waals surface area contributed by atoms with Gasteiger partial charge in [0, 0.05) is 32.7 Å². The van der Waals surface area contributed by atoms with Gasteiger partial charge in [-0.15, -0.1) is 0 Å². The summed E-state index contributed by atoms with van der Waals surface area (Å²) in [6, 6.07) is 5.28.